The van der Waals surface area contributed by atoms with Gasteiger partial charge in [0.15, 0.2) is 0 Å². The fourth-order valence-corrected chi connectivity index (χ4v) is 5.23. The number of halogens is 1. The molecule has 2 aromatic carbocycles. The summed E-state index contributed by atoms with van der Waals surface area (Å²) < 4.78 is 28.0. The van der Waals surface area contributed by atoms with Gasteiger partial charge in [0.1, 0.15) is 0 Å². The van der Waals surface area contributed by atoms with Crippen molar-refractivity contribution in [2.45, 2.75) is 50.5 Å². The van der Waals surface area contributed by atoms with Gasteiger partial charge in [0.25, 0.3) is 0 Å². The van der Waals surface area contributed by atoms with E-state index in [9.17, 15) is 18.0 Å². The van der Waals surface area contributed by atoms with Crippen LogP contribution in [0.4, 0.5) is 11.4 Å². The van der Waals surface area contributed by atoms with Crippen LogP contribution in [-0.2, 0) is 26.0 Å². The van der Waals surface area contributed by atoms with Crippen LogP contribution in [0.1, 0.15) is 37.3 Å². The summed E-state index contributed by atoms with van der Waals surface area (Å²) in [4.78, 5) is 26.7. The number of nitrogens with zero attached hydrogens (tertiary/aromatic N) is 1. The zero-order chi connectivity index (χ0) is 23.0. The summed E-state index contributed by atoms with van der Waals surface area (Å²) in [5.41, 5.74) is 3.00. The van der Waals surface area contributed by atoms with Crippen LogP contribution in [0.3, 0.4) is 0 Å². The number of anilines is 2. The fourth-order valence-electron chi connectivity index (χ4n) is 3.98. The summed E-state index contributed by atoms with van der Waals surface area (Å²) >= 11 is 6.06. The van der Waals surface area contributed by atoms with Crippen molar-refractivity contribution in [1.29, 1.82) is 0 Å². The lowest BCUT2D eigenvalue weighted by Crippen LogP contribution is -2.36. The Labute approximate surface area is 193 Å². The minimum atomic E-state index is -3.78. The Balaban J connectivity index is 1.38. The minimum absolute atomic E-state index is 0.0163. The topological polar surface area (TPSA) is 95.6 Å². The molecule has 0 bridgehead atoms. The number of nitrogens with one attached hydrogen (secondary N) is 2. The van der Waals surface area contributed by atoms with Crippen LogP contribution in [0.15, 0.2) is 41.3 Å². The summed E-state index contributed by atoms with van der Waals surface area (Å²) in [5.74, 6) is -0.0728. The molecule has 0 saturated heterocycles. The zero-order valence-corrected chi connectivity index (χ0v) is 19.6. The average molecular weight is 476 g/mol. The summed E-state index contributed by atoms with van der Waals surface area (Å²) in [5, 5.41) is 3.30. The molecule has 2 amide bonds. The van der Waals surface area contributed by atoms with E-state index in [2.05, 4.69) is 10.0 Å². The molecule has 32 heavy (non-hydrogen) atoms. The van der Waals surface area contributed by atoms with Crippen LogP contribution in [0, 0.1) is 12.8 Å². The highest BCUT2D eigenvalue weighted by atomic mass is 35.5. The lowest BCUT2D eigenvalue weighted by molar-refractivity contribution is -0.120. The van der Waals surface area contributed by atoms with E-state index < -0.39 is 10.0 Å². The molecule has 1 saturated carbocycles. The highest BCUT2D eigenvalue weighted by Gasteiger charge is 2.39. The number of carbonyl (C=O) groups excluding carboxylic acids is 2. The molecule has 0 radical (unpaired) electrons. The Morgan fingerprint density at radius 3 is 2.66 bits per heavy atom. The molecule has 0 unspecified atom stereocenters. The second kappa shape index (κ2) is 8.84. The van der Waals surface area contributed by atoms with E-state index in [1.807, 2.05) is 6.92 Å². The second-order valence-electron chi connectivity index (χ2n) is 8.43. The normalized spacial score (nSPS) is 17.8. The lowest BCUT2D eigenvalue weighted by atomic mass is 10.1. The highest BCUT2D eigenvalue weighted by molar-refractivity contribution is 7.89. The number of fused-ring (bicyclic) bond motifs is 1. The largest absolute Gasteiger partial charge is 0.326 e. The summed E-state index contributed by atoms with van der Waals surface area (Å²) in [6.45, 7) is 3.75. The maximum atomic E-state index is 12.7. The maximum Gasteiger partial charge on any atom is 0.240 e. The Morgan fingerprint density at radius 2 is 1.94 bits per heavy atom. The molecule has 1 atom stereocenters. The standard InChI is InChI=1S/C23H26ClN3O4S/c1-14-12-17-13-18(8-9-21(17)27(14)23(29)16-6-7-16)32(30,31)25-11-10-22(28)26-20-5-3-4-19(24)15(20)2/h3-5,8-9,13-14,16,25H,6-7,10-12H2,1-2H3,(H,26,28)/t14-/m0/s1. The molecule has 2 aliphatic rings. The van der Waals surface area contributed by atoms with Crippen molar-refractivity contribution in [3.05, 3.63) is 52.5 Å². The molecule has 1 aliphatic heterocycles. The highest BCUT2D eigenvalue weighted by Crippen LogP contribution is 2.39. The summed E-state index contributed by atoms with van der Waals surface area (Å²) in [7, 11) is -3.78. The van der Waals surface area contributed by atoms with Gasteiger partial charge in [-0.25, -0.2) is 13.1 Å². The Bertz CT molecular complexity index is 1180. The van der Waals surface area contributed by atoms with E-state index in [0.717, 1.165) is 29.7 Å². The van der Waals surface area contributed by atoms with Gasteiger partial charge in [-0.2, -0.15) is 0 Å². The van der Waals surface area contributed by atoms with E-state index >= 15 is 0 Å². The molecular formula is C23H26ClN3O4S. The third-order valence-corrected chi connectivity index (χ3v) is 7.80. The van der Waals surface area contributed by atoms with E-state index in [1.165, 1.54) is 6.07 Å². The van der Waals surface area contributed by atoms with Crippen LogP contribution in [-0.4, -0.2) is 32.8 Å². The van der Waals surface area contributed by atoms with Gasteiger partial charge >= 0.3 is 0 Å². The minimum Gasteiger partial charge on any atom is -0.326 e. The van der Waals surface area contributed by atoms with E-state index in [-0.39, 0.29) is 41.6 Å². The SMILES string of the molecule is Cc1c(Cl)cccc1NC(=O)CCNS(=O)(=O)c1ccc2c(c1)C[C@H](C)N2C(=O)C1CC1. The van der Waals surface area contributed by atoms with Crippen molar-refractivity contribution in [1.82, 2.24) is 4.72 Å². The quantitative estimate of drug-likeness (QED) is 0.639. The third kappa shape index (κ3) is 4.67. The van der Waals surface area contributed by atoms with E-state index in [4.69, 9.17) is 11.6 Å². The number of rotatable bonds is 7. The van der Waals surface area contributed by atoms with E-state index in [1.54, 1.807) is 42.2 Å². The molecule has 1 heterocycles. The van der Waals surface area contributed by atoms with Crippen molar-refractivity contribution in [3.8, 4) is 0 Å². The maximum absolute atomic E-state index is 12.7. The van der Waals surface area contributed by atoms with Gasteiger partial charge in [0.05, 0.1) is 4.90 Å². The monoisotopic (exact) mass is 475 g/mol. The Kier molecular flexibility index (Phi) is 6.29. The number of carbonyl (C=O) groups is 2. The van der Waals surface area contributed by atoms with Gasteiger partial charge < -0.3 is 10.2 Å². The second-order valence-corrected chi connectivity index (χ2v) is 10.6. The molecule has 2 aromatic rings. The van der Waals surface area contributed by atoms with Crippen LogP contribution >= 0.6 is 11.6 Å². The number of hydrogen-bond acceptors (Lipinski definition) is 4. The molecule has 1 fully saturated rings. The first-order chi connectivity index (χ1) is 15.2. The molecule has 9 heteroatoms. The first kappa shape index (κ1) is 22.8. The van der Waals surface area contributed by atoms with Crippen molar-refractivity contribution in [2.75, 3.05) is 16.8 Å². The van der Waals surface area contributed by atoms with Gasteiger partial charge in [-0.1, -0.05) is 17.7 Å². The first-order valence-corrected chi connectivity index (χ1v) is 12.5. The van der Waals surface area contributed by atoms with Crippen molar-refractivity contribution >= 4 is 44.8 Å². The van der Waals surface area contributed by atoms with Gasteiger partial charge in [0, 0.05) is 41.3 Å². The Hall–Kier alpha value is -2.42. The first-order valence-electron chi connectivity index (χ1n) is 10.7. The third-order valence-electron chi connectivity index (χ3n) is 5.93. The fraction of sp³-hybridized carbons (Fsp3) is 0.391. The molecular weight excluding hydrogens is 450 g/mol. The molecule has 0 spiro atoms. The molecule has 2 N–H and O–H groups in total. The number of amides is 2. The van der Waals surface area contributed by atoms with Gasteiger partial charge in [-0.05, 0) is 74.6 Å². The zero-order valence-electron chi connectivity index (χ0n) is 18.0. The van der Waals surface area contributed by atoms with Crippen molar-refractivity contribution in [3.63, 3.8) is 0 Å². The summed E-state index contributed by atoms with van der Waals surface area (Å²) in [6, 6.07) is 10.1. The van der Waals surface area contributed by atoms with Crippen LogP contribution in [0.5, 0.6) is 0 Å². The van der Waals surface area contributed by atoms with Crippen molar-refractivity contribution in [2.24, 2.45) is 5.92 Å². The molecule has 0 aromatic heterocycles. The number of hydrogen-bond donors (Lipinski definition) is 2. The lowest BCUT2D eigenvalue weighted by Gasteiger charge is -2.22. The number of sulfonamides is 1. The van der Waals surface area contributed by atoms with Gasteiger partial charge in [-0.15, -0.1) is 0 Å². The smallest absolute Gasteiger partial charge is 0.240 e. The Morgan fingerprint density at radius 1 is 1.19 bits per heavy atom. The van der Waals surface area contributed by atoms with Crippen molar-refractivity contribution < 1.29 is 18.0 Å². The van der Waals surface area contributed by atoms with Gasteiger partial charge in [0.2, 0.25) is 21.8 Å². The van der Waals surface area contributed by atoms with Crippen LogP contribution in [0.2, 0.25) is 5.02 Å². The predicted molar refractivity (Wildman–Crippen MR) is 124 cm³/mol. The predicted octanol–water partition coefficient (Wildman–Crippen LogP) is 3.64. The molecule has 170 valence electrons. The van der Waals surface area contributed by atoms with Gasteiger partial charge in [-0.3, -0.25) is 9.59 Å². The average Bonchev–Trinajstić information content (AvgIpc) is 3.53. The van der Waals surface area contributed by atoms with Crippen LogP contribution < -0.4 is 14.9 Å². The van der Waals surface area contributed by atoms with E-state index in [0.29, 0.717) is 17.1 Å². The summed E-state index contributed by atoms with van der Waals surface area (Å²) in [6.07, 6.45) is 2.46. The van der Waals surface area contributed by atoms with Crippen LogP contribution in [0.25, 0.3) is 0 Å². The number of benzene rings is 2. The molecule has 4 rings (SSSR count). The molecule has 7 nitrogen and oxygen atoms in total. The molecule has 1 aliphatic carbocycles.